The topological polar surface area (TPSA) is 29.5 Å². The highest BCUT2D eigenvalue weighted by Crippen LogP contribution is 2.19. The van der Waals surface area contributed by atoms with Crippen molar-refractivity contribution in [1.82, 2.24) is 0 Å². The molecule has 0 heterocycles. The minimum absolute atomic E-state index is 0.109. The van der Waals surface area contributed by atoms with Gasteiger partial charge in [-0.1, -0.05) is 43.4 Å². The molecule has 0 aliphatic rings. The van der Waals surface area contributed by atoms with E-state index in [0.29, 0.717) is 6.42 Å². The Balaban J connectivity index is 2.62. The Morgan fingerprint density at radius 1 is 1.41 bits per heavy atom. The van der Waals surface area contributed by atoms with Crippen molar-refractivity contribution in [2.24, 2.45) is 5.92 Å². The highest BCUT2D eigenvalue weighted by atomic mass is 16.5. The van der Waals surface area contributed by atoms with Crippen LogP contribution in [0, 0.1) is 5.92 Å². The fourth-order valence-corrected chi connectivity index (χ4v) is 1.51. The quantitative estimate of drug-likeness (QED) is 0.763. The van der Waals surface area contributed by atoms with E-state index in [0.717, 1.165) is 11.3 Å². The predicted molar refractivity (Wildman–Crippen MR) is 72.0 cm³/mol. The summed E-state index contributed by atoms with van der Waals surface area (Å²) in [6.07, 6.45) is 5.94. The van der Waals surface area contributed by atoms with E-state index < -0.39 is 0 Å². The molecule has 0 aromatic heterocycles. The summed E-state index contributed by atoms with van der Waals surface area (Å²) in [5, 5.41) is 9.77. The fraction of sp³-hybridized carbons (Fsp3) is 0.333. The molecule has 92 valence electrons. The Morgan fingerprint density at radius 2 is 2.12 bits per heavy atom. The van der Waals surface area contributed by atoms with Crippen LogP contribution >= 0.6 is 0 Å². The van der Waals surface area contributed by atoms with Gasteiger partial charge in [-0.15, -0.1) is 6.58 Å². The number of aliphatic hydroxyl groups excluding tert-OH is 1. The summed E-state index contributed by atoms with van der Waals surface area (Å²) < 4.78 is 5.24. The summed E-state index contributed by atoms with van der Waals surface area (Å²) in [6.45, 7) is 5.62. The van der Waals surface area contributed by atoms with Crippen molar-refractivity contribution in [3.8, 4) is 5.75 Å². The van der Waals surface area contributed by atoms with Gasteiger partial charge in [0.25, 0.3) is 0 Å². The number of benzene rings is 1. The van der Waals surface area contributed by atoms with E-state index in [2.05, 4.69) is 6.58 Å². The molecule has 0 radical (unpaired) electrons. The first-order chi connectivity index (χ1) is 8.19. The number of aliphatic hydroxyl groups is 1. The fourth-order valence-electron chi connectivity index (χ4n) is 1.51. The maximum absolute atomic E-state index is 9.77. The molecule has 1 rings (SSSR count). The molecule has 0 spiro atoms. The van der Waals surface area contributed by atoms with Crippen LogP contribution in [0.15, 0.2) is 43.0 Å². The van der Waals surface area contributed by atoms with Crippen molar-refractivity contribution >= 4 is 6.08 Å². The zero-order valence-electron chi connectivity index (χ0n) is 10.5. The number of hydrogen-bond donors (Lipinski definition) is 1. The summed E-state index contributed by atoms with van der Waals surface area (Å²) in [6, 6.07) is 7.80. The number of methoxy groups -OCH3 is 1. The van der Waals surface area contributed by atoms with E-state index in [1.165, 1.54) is 0 Å². The molecule has 2 nitrogen and oxygen atoms in total. The standard InChI is InChI=1S/C15H20O2/c1-4-12(2)14(16)10-7-9-13-8-5-6-11-15(13)17-3/h4-9,11-12,14,16H,1,10H2,2-3H3/b9-7+/t12-,14+/m0/s1. The number of ether oxygens (including phenoxy) is 1. The maximum Gasteiger partial charge on any atom is 0.126 e. The van der Waals surface area contributed by atoms with Gasteiger partial charge in [0.1, 0.15) is 5.75 Å². The van der Waals surface area contributed by atoms with Gasteiger partial charge in [0.15, 0.2) is 0 Å². The van der Waals surface area contributed by atoms with Crippen molar-refractivity contribution in [1.29, 1.82) is 0 Å². The molecule has 0 saturated carbocycles. The van der Waals surface area contributed by atoms with Crippen LogP contribution in [0.2, 0.25) is 0 Å². The van der Waals surface area contributed by atoms with Gasteiger partial charge in [0, 0.05) is 5.56 Å². The van der Waals surface area contributed by atoms with E-state index in [1.54, 1.807) is 13.2 Å². The van der Waals surface area contributed by atoms with Crippen molar-refractivity contribution < 1.29 is 9.84 Å². The monoisotopic (exact) mass is 232 g/mol. The third-order valence-electron chi connectivity index (χ3n) is 2.79. The Bertz CT molecular complexity index is 382. The third-order valence-corrected chi connectivity index (χ3v) is 2.79. The first kappa shape index (κ1) is 13.5. The Hall–Kier alpha value is -1.54. The molecular formula is C15H20O2. The highest BCUT2D eigenvalue weighted by molar-refractivity contribution is 5.57. The van der Waals surface area contributed by atoms with Crippen LogP contribution in [0.4, 0.5) is 0 Å². The molecule has 0 aliphatic carbocycles. The summed E-state index contributed by atoms with van der Waals surface area (Å²) in [7, 11) is 1.65. The first-order valence-corrected chi connectivity index (χ1v) is 5.79. The highest BCUT2D eigenvalue weighted by Gasteiger charge is 2.08. The van der Waals surface area contributed by atoms with Crippen LogP contribution < -0.4 is 4.74 Å². The van der Waals surface area contributed by atoms with E-state index in [4.69, 9.17) is 4.74 Å². The second-order valence-corrected chi connectivity index (χ2v) is 4.04. The minimum atomic E-state index is -0.376. The molecule has 1 aromatic rings. The van der Waals surface area contributed by atoms with Crippen LogP contribution in [0.25, 0.3) is 6.08 Å². The lowest BCUT2D eigenvalue weighted by Crippen LogP contribution is -2.13. The van der Waals surface area contributed by atoms with Crippen molar-refractivity contribution in [3.05, 3.63) is 48.6 Å². The van der Waals surface area contributed by atoms with Gasteiger partial charge in [-0.3, -0.25) is 0 Å². The van der Waals surface area contributed by atoms with Crippen LogP contribution in [0.3, 0.4) is 0 Å². The molecule has 1 aromatic carbocycles. The average Bonchev–Trinajstić information content (AvgIpc) is 2.38. The summed E-state index contributed by atoms with van der Waals surface area (Å²) in [5.74, 6) is 0.951. The Kier molecular flexibility index (Phi) is 5.50. The summed E-state index contributed by atoms with van der Waals surface area (Å²) in [4.78, 5) is 0. The van der Waals surface area contributed by atoms with Gasteiger partial charge in [0.2, 0.25) is 0 Å². The molecule has 0 amide bonds. The van der Waals surface area contributed by atoms with E-state index in [1.807, 2.05) is 43.3 Å². The van der Waals surface area contributed by atoms with Gasteiger partial charge in [-0.05, 0) is 18.4 Å². The molecule has 0 unspecified atom stereocenters. The lowest BCUT2D eigenvalue weighted by Gasteiger charge is -2.12. The van der Waals surface area contributed by atoms with Crippen LogP contribution in [0.5, 0.6) is 5.75 Å². The molecule has 0 saturated heterocycles. The molecule has 1 N–H and O–H groups in total. The molecule has 0 bridgehead atoms. The van der Waals surface area contributed by atoms with Crippen LogP contribution in [-0.2, 0) is 0 Å². The SMILES string of the molecule is C=C[C@H](C)[C@H](O)C/C=C/c1ccccc1OC. The smallest absolute Gasteiger partial charge is 0.126 e. The minimum Gasteiger partial charge on any atom is -0.496 e. The molecule has 2 atom stereocenters. The molecular weight excluding hydrogens is 212 g/mol. The van der Waals surface area contributed by atoms with Gasteiger partial charge in [-0.25, -0.2) is 0 Å². The molecule has 0 fully saturated rings. The van der Waals surface area contributed by atoms with Gasteiger partial charge in [-0.2, -0.15) is 0 Å². The van der Waals surface area contributed by atoms with Crippen LogP contribution in [0.1, 0.15) is 18.9 Å². The summed E-state index contributed by atoms with van der Waals surface area (Å²) >= 11 is 0. The van der Waals surface area contributed by atoms with E-state index in [9.17, 15) is 5.11 Å². The number of para-hydroxylation sites is 1. The normalized spacial score (nSPS) is 14.5. The van der Waals surface area contributed by atoms with Crippen molar-refractivity contribution in [3.63, 3.8) is 0 Å². The predicted octanol–water partition coefficient (Wildman–Crippen LogP) is 3.28. The van der Waals surface area contributed by atoms with E-state index >= 15 is 0 Å². The maximum atomic E-state index is 9.77. The second kappa shape index (κ2) is 6.92. The first-order valence-electron chi connectivity index (χ1n) is 5.79. The second-order valence-electron chi connectivity index (χ2n) is 4.04. The molecule has 17 heavy (non-hydrogen) atoms. The van der Waals surface area contributed by atoms with Gasteiger partial charge < -0.3 is 9.84 Å². The van der Waals surface area contributed by atoms with Crippen molar-refractivity contribution in [2.75, 3.05) is 7.11 Å². The van der Waals surface area contributed by atoms with Gasteiger partial charge in [0.05, 0.1) is 13.2 Å². The number of rotatable bonds is 6. The zero-order chi connectivity index (χ0) is 12.7. The Labute approximate surface area is 103 Å². The number of hydrogen-bond acceptors (Lipinski definition) is 2. The lowest BCUT2D eigenvalue weighted by atomic mass is 10.0. The molecule has 0 aliphatic heterocycles. The Morgan fingerprint density at radius 3 is 2.76 bits per heavy atom. The van der Waals surface area contributed by atoms with Crippen LogP contribution in [-0.4, -0.2) is 18.3 Å². The average molecular weight is 232 g/mol. The summed E-state index contributed by atoms with van der Waals surface area (Å²) in [5.41, 5.74) is 1.02. The van der Waals surface area contributed by atoms with E-state index in [-0.39, 0.29) is 12.0 Å². The molecule has 2 heteroatoms. The van der Waals surface area contributed by atoms with Gasteiger partial charge >= 0.3 is 0 Å². The van der Waals surface area contributed by atoms with Crippen molar-refractivity contribution in [2.45, 2.75) is 19.4 Å². The zero-order valence-corrected chi connectivity index (χ0v) is 10.5. The lowest BCUT2D eigenvalue weighted by molar-refractivity contribution is 0.141. The largest absolute Gasteiger partial charge is 0.496 e. The third kappa shape index (κ3) is 4.08.